The summed E-state index contributed by atoms with van der Waals surface area (Å²) in [6.07, 6.45) is 5.66. The Kier molecular flexibility index (Phi) is 5.21. The maximum atomic E-state index is 12.1. The smallest absolute Gasteiger partial charge is 0.252 e. The first-order valence-corrected chi connectivity index (χ1v) is 9.62. The van der Waals surface area contributed by atoms with E-state index in [0.29, 0.717) is 5.56 Å². The number of nitrogens with one attached hydrogen (secondary N) is 2. The number of fused-ring (bicyclic) bond motifs is 1. The summed E-state index contributed by atoms with van der Waals surface area (Å²) >= 11 is 1.56. The molecule has 0 unspecified atom stereocenters. The molecule has 1 amide bonds. The average molecular weight is 386 g/mol. The van der Waals surface area contributed by atoms with Crippen molar-refractivity contribution in [2.75, 3.05) is 7.05 Å². The molecule has 0 saturated carbocycles. The van der Waals surface area contributed by atoms with E-state index >= 15 is 0 Å². The predicted octanol–water partition coefficient (Wildman–Crippen LogP) is 4.64. The van der Waals surface area contributed by atoms with E-state index in [9.17, 15) is 4.79 Å². The zero-order chi connectivity index (χ0) is 19.3. The van der Waals surface area contributed by atoms with E-state index in [-0.39, 0.29) is 5.91 Å². The van der Waals surface area contributed by atoms with Crippen molar-refractivity contribution in [1.29, 1.82) is 0 Å². The van der Waals surface area contributed by atoms with Crippen LogP contribution in [0.25, 0.3) is 23.1 Å². The van der Waals surface area contributed by atoms with Crippen LogP contribution < -0.4 is 5.32 Å². The third kappa shape index (κ3) is 3.82. The Bertz CT molecular complexity index is 1150. The summed E-state index contributed by atoms with van der Waals surface area (Å²) in [4.78, 5) is 18.4. The number of benzene rings is 2. The Morgan fingerprint density at radius 1 is 1.07 bits per heavy atom. The van der Waals surface area contributed by atoms with Gasteiger partial charge in [-0.2, -0.15) is 5.10 Å². The molecule has 2 heterocycles. The molecule has 0 spiro atoms. The van der Waals surface area contributed by atoms with Crippen molar-refractivity contribution in [3.05, 3.63) is 83.8 Å². The van der Waals surface area contributed by atoms with Crippen LogP contribution in [0.3, 0.4) is 0 Å². The summed E-state index contributed by atoms with van der Waals surface area (Å²) in [5, 5.41) is 11.2. The van der Waals surface area contributed by atoms with Crippen molar-refractivity contribution in [3.8, 4) is 0 Å². The van der Waals surface area contributed by atoms with Gasteiger partial charge < -0.3 is 5.32 Å². The quantitative estimate of drug-likeness (QED) is 0.524. The number of nitrogens with zero attached hydrogens (tertiary/aromatic N) is 2. The van der Waals surface area contributed by atoms with E-state index in [2.05, 4.69) is 26.6 Å². The second kappa shape index (κ2) is 8.10. The van der Waals surface area contributed by atoms with Crippen molar-refractivity contribution in [3.63, 3.8) is 0 Å². The number of hydrogen-bond donors (Lipinski definition) is 2. The summed E-state index contributed by atoms with van der Waals surface area (Å²) in [7, 11) is 1.64. The second-order valence-corrected chi connectivity index (χ2v) is 7.20. The monoisotopic (exact) mass is 386 g/mol. The fourth-order valence-electron chi connectivity index (χ4n) is 2.85. The molecular formula is C22H18N4OS. The second-order valence-electron chi connectivity index (χ2n) is 6.08. The van der Waals surface area contributed by atoms with Gasteiger partial charge in [-0.1, -0.05) is 30.0 Å². The molecule has 0 aliphatic carbocycles. The lowest BCUT2D eigenvalue weighted by Crippen LogP contribution is -2.18. The molecule has 2 aromatic carbocycles. The summed E-state index contributed by atoms with van der Waals surface area (Å²) < 4.78 is 0. The predicted molar refractivity (Wildman–Crippen MR) is 113 cm³/mol. The van der Waals surface area contributed by atoms with Gasteiger partial charge >= 0.3 is 0 Å². The van der Waals surface area contributed by atoms with E-state index in [1.807, 2.05) is 66.7 Å². The highest BCUT2D eigenvalue weighted by Gasteiger charge is 2.11. The molecule has 5 nitrogen and oxygen atoms in total. The minimum Gasteiger partial charge on any atom is -0.355 e. The molecule has 0 radical (unpaired) electrons. The molecule has 0 atom stereocenters. The summed E-state index contributed by atoms with van der Waals surface area (Å²) in [5.74, 6) is -0.0912. The lowest BCUT2D eigenvalue weighted by Gasteiger charge is -2.08. The number of pyridine rings is 1. The third-order valence-electron chi connectivity index (χ3n) is 4.25. The van der Waals surface area contributed by atoms with Crippen molar-refractivity contribution in [2.45, 2.75) is 9.79 Å². The maximum absolute atomic E-state index is 12.1. The van der Waals surface area contributed by atoms with Crippen molar-refractivity contribution >= 4 is 40.7 Å². The number of carbonyl (C=O) groups is 1. The van der Waals surface area contributed by atoms with Gasteiger partial charge in [-0.25, -0.2) is 0 Å². The fraction of sp³-hybridized carbons (Fsp3) is 0.0455. The Morgan fingerprint density at radius 2 is 1.93 bits per heavy atom. The molecule has 4 aromatic rings. The molecule has 4 rings (SSSR count). The van der Waals surface area contributed by atoms with Gasteiger partial charge in [-0.05, 0) is 54.6 Å². The Labute approximate surface area is 166 Å². The van der Waals surface area contributed by atoms with Crippen LogP contribution in [0.5, 0.6) is 0 Å². The van der Waals surface area contributed by atoms with Crippen LogP contribution in [0.1, 0.15) is 21.7 Å². The standard InChI is InChI=1S/C22H18N4OS/c1-23-22(27)17-7-2-3-8-21(17)28-16-10-12-20-18(14-16)19(25-26-20)11-9-15-6-4-5-13-24-15/h2-14H,1H3,(H,23,27)(H,25,26)/b11-9-. The molecule has 28 heavy (non-hydrogen) atoms. The topological polar surface area (TPSA) is 70.7 Å². The molecule has 0 saturated heterocycles. The van der Waals surface area contributed by atoms with Gasteiger partial charge in [0.25, 0.3) is 5.91 Å². The highest BCUT2D eigenvalue weighted by atomic mass is 32.2. The van der Waals surface area contributed by atoms with E-state index in [1.165, 1.54) is 0 Å². The first kappa shape index (κ1) is 18.0. The SMILES string of the molecule is CNC(=O)c1ccccc1Sc1ccc2[nH]nc(/C=C\c3ccccn3)c2c1. The van der Waals surface area contributed by atoms with E-state index < -0.39 is 0 Å². The van der Waals surface area contributed by atoms with Crippen molar-refractivity contribution < 1.29 is 4.79 Å². The van der Waals surface area contributed by atoms with Gasteiger partial charge in [0.1, 0.15) is 0 Å². The molecule has 0 bridgehead atoms. The number of aromatic nitrogens is 3. The van der Waals surface area contributed by atoms with E-state index in [4.69, 9.17) is 0 Å². The Morgan fingerprint density at radius 3 is 2.75 bits per heavy atom. The Balaban J connectivity index is 1.65. The van der Waals surface area contributed by atoms with Gasteiger partial charge in [-0.15, -0.1) is 0 Å². The van der Waals surface area contributed by atoms with Crippen LogP contribution in [0.4, 0.5) is 0 Å². The highest BCUT2D eigenvalue weighted by Crippen LogP contribution is 2.33. The van der Waals surface area contributed by atoms with Crippen LogP contribution in [0.2, 0.25) is 0 Å². The normalized spacial score (nSPS) is 11.2. The minimum absolute atomic E-state index is 0.0912. The summed E-state index contributed by atoms with van der Waals surface area (Å²) in [6.45, 7) is 0. The van der Waals surface area contributed by atoms with E-state index in [1.54, 1.807) is 25.0 Å². The first-order valence-electron chi connectivity index (χ1n) is 8.81. The molecule has 6 heteroatoms. The number of hydrogen-bond acceptors (Lipinski definition) is 4. The van der Waals surface area contributed by atoms with Gasteiger partial charge in [0.2, 0.25) is 0 Å². The summed E-state index contributed by atoms with van der Waals surface area (Å²) in [6, 6.07) is 19.5. The third-order valence-corrected chi connectivity index (χ3v) is 5.32. The number of carbonyl (C=O) groups excluding carboxylic acids is 1. The van der Waals surface area contributed by atoms with Crippen molar-refractivity contribution in [2.24, 2.45) is 0 Å². The van der Waals surface area contributed by atoms with E-state index in [0.717, 1.165) is 32.1 Å². The molecule has 0 aliphatic heterocycles. The lowest BCUT2D eigenvalue weighted by atomic mass is 10.2. The molecule has 0 fully saturated rings. The molecule has 2 aromatic heterocycles. The molecule has 0 aliphatic rings. The van der Waals surface area contributed by atoms with Crippen LogP contribution in [-0.2, 0) is 0 Å². The van der Waals surface area contributed by atoms with Gasteiger partial charge in [0.15, 0.2) is 0 Å². The minimum atomic E-state index is -0.0912. The van der Waals surface area contributed by atoms with Crippen LogP contribution in [-0.4, -0.2) is 28.1 Å². The lowest BCUT2D eigenvalue weighted by molar-refractivity contribution is 0.0960. The first-order chi connectivity index (χ1) is 13.7. The zero-order valence-corrected chi connectivity index (χ0v) is 16.0. The number of aromatic amines is 1. The summed E-state index contributed by atoms with van der Waals surface area (Å²) in [5.41, 5.74) is 3.36. The van der Waals surface area contributed by atoms with Crippen LogP contribution in [0, 0.1) is 0 Å². The fourth-order valence-corrected chi connectivity index (χ4v) is 3.83. The highest BCUT2D eigenvalue weighted by molar-refractivity contribution is 7.99. The van der Waals surface area contributed by atoms with Crippen LogP contribution >= 0.6 is 11.8 Å². The Hall–Kier alpha value is -3.38. The number of H-pyrrole nitrogens is 1. The maximum Gasteiger partial charge on any atom is 0.252 e. The average Bonchev–Trinajstić information content (AvgIpc) is 3.15. The molecule has 2 N–H and O–H groups in total. The molecule has 138 valence electrons. The van der Waals surface area contributed by atoms with Crippen molar-refractivity contribution in [1.82, 2.24) is 20.5 Å². The van der Waals surface area contributed by atoms with Gasteiger partial charge in [0, 0.05) is 28.4 Å². The van der Waals surface area contributed by atoms with Gasteiger partial charge in [-0.3, -0.25) is 14.9 Å². The largest absolute Gasteiger partial charge is 0.355 e. The number of amides is 1. The zero-order valence-electron chi connectivity index (χ0n) is 15.2. The number of rotatable bonds is 5. The molecular weight excluding hydrogens is 368 g/mol. The van der Waals surface area contributed by atoms with Crippen LogP contribution in [0.15, 0.2) is 76.7 Å². The van der Waals surface area contributed by atoms with Gasteiger partial charge in [0.05, 0.1) is 22.5 Å².